The molecule has 0 aliphatic heterocycles. The summed E-state index contributed by atoms with van der Waals surface area (Å²) >= 11 is 6.54. The Hall–Kier alpha value is -3.04. The summed E-state index contributed by atoms with van der Waals surface area (Å²) in [6, 6.07) is 19.9. The van der Waals surface area contributed by atoms with E-state index in [0.29, 0.717) is 22.6 Å². The molecule has 8 heteroatoms. The van der Waals surface area contributed by atoms with Crippen LogP contribution in [0.4, 0.5) is 0 Å². The number of carbonyl (C=O) groups excluding carboxylic acids is 2. The van der Waals surface area contributed by atoms with Crippen molar-refractivity contribution in [2.24, 2.45) is 0 Å². The van der Waals surface area contributed by atoms with Gasteiger partial charge in [-0.15, -0.1) is 45.3 Å². The third-order valence-electron chi connectivity index (χ3n) is 4.86. The lowest BCUT2D eigenvalue weighted by atomic mass is 10.1. The molecule has 0 bridgehead atoms. The smallest absolute Gasteiger partial charge is 0.308 e. The van der Waals surface area contributed by atoms with Crippen molar-refractivity contribution in [3.05, 3.63) is 71.4 Å². The Labute approximate surface area is 212 Å². The molecule has 0 fully saturated rings. The predicted octanol–water partition coefficient (Wildman–Crippen LogP) is 8.45. The summed E-state index contributed by atoms with van der Waals surface area (Å²) in [5.41, 5.74) is 1.41. The molecular weight excluding hydrogens is 505 g/mol. The summed E-state index contributed by atoms with van der Waals surface area (Å²) in [5.74, 6) is 0.0500. The molecule has 4 nitrogen and oxygen atoms in total. The molecule has 0 saturated heterocycles. The number of hydrogen-bond donors (Lipinski definition) is 0. The highest BCUT2D eigenvalue weighted by molar-refractivity contribution is 7.23. The summed E-state index contributed by atoms with van der Waals surface area (Å²) in [7, 11) is 0. The SMILES string of the molecule is CC(=O)Oc1cc(-c2ccc(-c3cccs3)s2)c(OC(C)=O)cc1-c1ccc(-c2cccs2)s1. The lowest BCUT2D eigenvalue weighted by Gasteiger charge is -2.14. The van der Waals surface area contributed by atoms with E-state index in [1.807, 2.05) is 35.0 Å². The normalized spacial score (nSPS) is 10.9. The van der Waals surface area contributed by atoms with E-state index in [2.05, 4.69) is 24.3 Å². The second-order valence-corrected chi connectivity index (χ2v) is 11.4. The monoisotopic (exact) mass is 522 g/mol. The van der Waals surface area contributed by atoms with Gasteiger partial charge in [-0.25, -0.2) is 0 Å². The third kappa shape index (κ3) is 4.76. The molecule has 0 N–H and O–H groups in total. The van der Waals surface area contributed by atoms with Crippen molar-refractivity contribution in [2.75, 3.05) is 0 Å². The molecule has 4 aromatic heterocycles. The van der Waals surface area contributed by atoms with Crippen molar-refractivity contribution in [1.82, 2.24) is 0 Å². The maximum Gasteiger partial charge on any atom is 0.308 e. The van der Waals surface area contributed by atoms with Crippen LogP contribution < -0.4 is 9.47 Å². The molecule has 0 unspecified atom stereocenters. The predicted molar refractivity (Wildman–Crippen MR) is 142 cm³/mol. The molecule has 170 valence electrons. The molecule has 0 spiro atoms. The molecule has 5 aromatic rings. The first kappa shape index (κ1) is 22.7. The Kier molecular flexibility index (Phi) is 6.47. The number of esters is 2. The Bertz CT molecular complexity index is 1340. The molecule has 0 saturated carbocycles. The van der Waals surface area contributed by atoms with Gasteiger partial charge >= 0.3 is 11.9 Å². The molecule has 0 amide bonds. The van der Waals surface area contributed by atoms with Gasteiger partial charge in [0.25, 0.3) is 0 Å². The fraction of sp³-hybridized carbons (Fsp3) is 0.0769. The average Bonchev–Trinajstić information content (AvgIpc) is 3.61. The van der Waals surface area contributed by atoms with Crippen molar-refractivity contribution >= 4 is 57.3 Å². The van der Waals surface area contributed by atoms with E-state index >= 15 is 0 Å². The van der Waals surface area contributed by atoms with Crippen LogP contribution in [-0.2, 0) is 9.59 Å². The van der Waals surface area contributed by atoms with Crippen LogP contribution in [-0.4, -0.2) is 11.9 Å². The van der Waals surface area contributed by atoms with Crippen LogP contribution in [0, 0.1) is 0 Å². The molecule has 0 aliphatic rings. The molecule has 4 heterocycles. The van der Waals surface area contributed by atoms with Crippen LogP contribution in [0.25, 0.3) is 40.4 Å². The van der Waals surface area contributed by atoms with Gasteiger partial charge in [0.15, 0.2) is 0 Å². The second-order valence-electron chi connectivity index (χ2n) is 7.31. The summed E-state index contributed by atoms with van der Waals surface area (Å²) in [6.45, 7) is 2.77. The summed E-state index contributed by atoms with van der Waals surface area (Å²) < 4.78 is 11.3. The summed E-state index contributed by atoms with van der Waals surface area (Å²) in [4.78, 5) is 30.3. The van der Waals surface area contributed by atoms with Crippen LogP contribution in [0.3, 0.4) is 0 Å². The summed E-state index contributed by atoms with van der Waals surface area (Å²) in [5, 5.41) is 4.08. The Morgan fingerprint density at radius 1 is 0.588 bits per heavy atom. The number of carbonyl (C=O) groups is 2. The average molecular weight is 523 g/mol. The quantitative estimate of drug-likeness (QED) is 0.166. The molecule has 0 radical (unpaired) electrons. The van der Waals surface area contributed by atoms with Gasteiger partial charge in [-0.3, -0.25) is 9.59 Å². The van der Waals surface area contributed by atoms with Gasteiger partial charge in [-0.1, -0.05) is 12.1 Å². The first-order valence-corrected chi connectivity index (χ1v) is 13.7. The molecule has 0 aliphatic carbocycles. The minimum absolute atomic E-state index is 0.409. The van der Waals surface area contributed by atoms with Gasteiger partial charge in [-0.2, -0.15) is 0 Å². The minimum atomic E-state index is -0.409. The standard InChI is InChI=1S/C26H18O4S4/c1-15(27)29-19-13-18(22-8-10-26(34-22)24-6-4-12-32-24)20(30-16(2)28)14-17(19)21-7-9-25(33-21)23-5-3-11-31-23/h3-14H,1-2H3. The third-order valence-corrected chi connectivity index (χ3v) is 9.23. The van der Waals surface area contributed by atoms with Gasteiger partial charge in [0.2, 0.25) is 0 Å². The van der Waals surface area contributed by atoms with Crippen molar-refractivity contribution in [2.45, 2.75) is 13.8 Å². The maximum atomic E-state index is 12.0. The van der Waals surface area contributed by atoms with Crippen molar-refractivity contribution in [1.29, 1.82) is 0 Å². The zero-order chi connectivity index (χ0) is 23.7. The Morgan fingerprint density at radius 3 is 1.35 bits per heavy atom. The second kappa shape index (κ2) is 9.68. The number of rotatable bonds is 6. The molecule has 0 atom stereocenters. The van der Waals surface area contributed by atoms with E-state index < -0.39 is 11.9 Å². The van der Waals surface area contributed by atoms with Crippen molar-refractivity contribution in [3.8, 4) is 51.9 Å². The van der Waals surface area contributed by atoms with E-state index in [9.17, 15) is 9.59 Å². The van der Waals surface area contributed by atoms with E-state index in [0.717, 1.165) is 19.5 Å². The van der Waals surface area contributed by atoms with Gasteiger partial charge in [-0.05, 0) is 59.3 Å². The van der Waals surface area contributed by atoms with Gasteiger partial charge in [0.05, 0.1) is 0 Å². The Balaban J connectivity index is 1.64. The first-order valence-electron chi connectivity index (χ1n) is 10.3. The van der Waals surface area contributed by atoms with E-state index in [-0.39, 0.29) is 0 Å². The van der Waals surface area contributed by atoms with Gasteiger partial charge in [0, 0.05) is 54.2 Å². The van der Waals surface area contributed by atoms with Gasteiger partial charge < -0.3 is 9.47 Å². The van der Waals surface area contributed by atoms with Crippen molar-refractivity contribution in [3.63, 3.8) is 0 Å². The van der Waals surface area contributed by atoms with Crippen LogP contribution >= 0.6 is 45.3 Å². The molecular formula is C26H18O4S4. The van der Waals surface area contributed by atoms with Crippen LogP contribution in [0.15, 0.2) is 71.4 Å². The summed E-state index contributed by atoms with van der Waals surface area (Å²) in [6.07, 6.45) is 0. The molecule has 1 aromatic carbocycles. The van der Waals surface area contributed by atoms with E-state index in [4.69, 9.17) is 9.47 Å². The maximum absolute atomic E-state index is 12.0. The van der Waals surface area contributed by atoms with Crippen LogP contribution in [0.5, 0.6) is 11.5 Å². The Morgan fingerprint density at radius 2 is 1.00 bits per heavy atom. The van der Waals surface area contributed by atoms with Crippen LogP contribution in [0.1, 0.15) is 13.8 Å². The van der Waals surface area contributed by atoms with Crippen molar-refractivity contribution < 1.29 is 19.1 Å². The molecule has 5 rings (SSSR count). The fourth-order valence-electron chi connectivity index (χ4n) is 3.49. The first-order chi connectivity index (χ1) is 16.5. The molecule has 34 heavy (non-hydrogen) atoms. The zero-order valence-electron chi connectivity index (χ0n) is 18.2. The lowest BCUT2D eigenvalue weighted by Crippen LogP contribution is -2.06. The number of hydrogen-bond acceptors (Lipinski definition) is 8. The lowest BCUT2D eigenvalue weighted by molar-refractivity contribution is -0.133. The van der Waals surface area contributed by atoms with Gasteiger partial charge in [0.1, 0.15) is 11.5 Å². The van der Waals surface area contributed by atoms with Crippen LogP contribution in [0.2, 0.25) is 0 Å². The van der Waals surface area contributed by atoms with E-state index in [1.165, 1.54) is 23.6 Å². The highest BCUT2D eigenvalue weighted by Gasteiger charge is 2.20. The fourth-order valence-corrected chi connectivity index (χ4v) is 7.21. The number of ether oxygens (including phenoxy) is 2. The van der Waals surface area contributed by atoms with E-state index in [1.54, 1.807) is 57.5 Å². The number of benzene rings is 1. The highest BCUT2D eigenvalue weighted by atomic mass is 32.1. The topological polar surface area (TPSA) is 52.6 Å². The zero-order valence-corrected chi connectivity index (χ0v) is 21.5. The minimum Gasteiger partial charge on any atom is -0.426 e. The highest BCUT2D eigenvalue weighted by Crippen LogP contribution is 2.47. The number of thiophene rings is 4. The largest absolute Gasteiger partial charge is 0.426 e.